The summed E-state index contributed by atoms with van der Waals surface area (Å²) in [5.74, 6) is 0. The van der Waals surface area contributed by atoms with Crippen LogP contribution < -0.4 is 0 Å². The number of aliphatic hydroxyl groups excluding tert-OH is 3. The van der Waals surface area contributed by atoms with Crippen molar-refractivity contribution in [2.45, 2.75) is 70.4 Å². The van der Waals surface area contributed by atoms with Crippen molar-refractivity contribution in [2.24, 2.45) is 0 Å². The van der Waals surface area contributed by atoms with Gasteiger partial charge in [0.15, 0.2) is 0 Å². The molecule has 0 aromatic heterocycles. The molecule has 0 spiro atoms. The maximum absolute atomic E-state index is 10.6. The van der Waals surface area contributed by atoms with E-state index in [-0.39, 0.29) is 31.8 Å². The molecule has 2 saturated carbocycles. The Bertz CT molecular complexity index is 518. The highest BCUT2D eigenvalue weighted by Gasteiger charge is 2.26. The maximum atomic E-state index is 10.6. The molecule has 0 radical (unpaired) electrons. The van der Waals surface area contributed by atoms with Crippen LogP contribution in [-0.4, -0.2) is 69.1 Å². The van der Waals surface area contributed by atoms with Gasteiger partial charge < -0.3 is 15.3 Å². The lowest BCUT2D eigenvalue weighted by molar-refractivity contribution is 0.137. The van der Waals surface area contributed by atoms with E-state index in [0.717, 1.165) is 25.4 Å². The number of rotatable bonds is 2. The molecule has 0 aliphatic heterocycles. The van der Waals surface area contributed by atoms with Crippen molar-refractivity contribution in [3.05, 3.63) is 0 Å². The van der Waals surface area contributed by atoms with Crippen LogP contribution in [0.2, 0.25) is 0 Å². The average molecular weight is 413 g/mol. The zero-order valence-electron chi connectivity index (χ0n) is 13.1. The Morgan fingerprint density at radius 3 is 1.38 bits per heavy atom. The molecule has 11 heteroatoms. The molecule has 2 aliphatic carbocycles. The molecule has 24 heavy (non-hydrogen) atoms. The quantitative estimate of drug-likeness (QED) is 0.442. The van der Waals surface area contributed by atoms with Gasteiger partial charge >= 0.3 is 0 Å². The first kappa shape index (κ1) is 26.3. The summed E-state index contributed by atoms with van der Waals surface area (Å²) >= 11 is 0. The number of hydrogen-bond acceptors (Lipinski definition) is 8. The molecule has 2 aliphatic rings. The third-order valence-electron chi connectivity index (χ3n) is 3.04. The first-order valence-electron chi connectivity index (χ1n) is 7.08. The van der Waals surface area contributed by atoms with E-state index in [1.165, 1.54) is 0 Å². The molecule has 8 nitrogen and oxygen atoms in total. The lowest BCUT2D eigenvalue weighted by Crippen LogP contribution is -2.14. The molecule has 2 rings (SSSR count). The molecular formula is C13H29ClO8S2. The molecule has 0 heterocycles. The SMILES string of the molecule is C.CS(=O)(=O)Cl.CS(=O)(=O)OC1CCC(O)C1.OC1CCC(O)C1. The largest absolute Gasteiger partial charge is 0.393 e. The molecule has 2 fully saturated rings. The standard InChI is InChI=1S/C6H12O4S.C5H10O2.CH3ClO2S.CH4/c1-11(8,9)10-6-3-2-5(7)4-6;6-4-1-2-5(7)3-4;1-5(2,3)4;/h5-7H,2-4H2,1H3;4-7H,1-3H2;1H3;1H4. The Hall–Kier alpha value is 0.0300. The smallest absolute Gasteiger partial charge is 0.264 e. The summed E-state index contributed by atoms with van der Waals surface area (Å²) in [7, 11) is -2.03. The van der Waals surface area contributed by atoms with Crippen LogP contribution in [0.15, 0.2) is 0 Å². The van der Waals surface area contributed by atoms with E-state index in [2.05, 4.69) is 14.9 Å². The normalized spacial score (nSPS) is 29.6. The van der Waals surface area contributed by atoms with Gasteiger partial charge in [-0.25, -0.2) is 8.42 Å². The molecule has 4 atom stereocenters. The average Bonchev–Trinajstić information content (AvgIpc) is 2.84. The highest BCUT2D eigenvalue weighted by Crippen LogP contribution is 2.22. The van der Waals surface area contributed by atoms with Crippen LogP contribution in [0, 0.1) is 0 Å². The van der Waals surface area contributed by atoms with Gasteiger partial charge in [-0.1, -0.05) is 7.43 Å². The second kappa shape index (κ2) is 11.6. The van der Waals surface area contributed by atoms with Crippen LogP contribution in [-0.2, 0) is 23.4 Å². The minimum atomic E-state index is -3.34. The topological polar surface area (TPSA) is 138 Å². The predicted molar refractivity (Wildman–Crippen MR) is 92.9 cm³/mol. The predicted octanol–water partition coefficient (Wildman–Crippen LogP) is 0.589. The summed E-state index contributed by atoms with van der Waals surface area (Å²) in [6, 6.07) is 0. The molecule has 0 bridgehead atoms. The Balaban J connectivity index is 0. The highest BCUT2D eigenvalue weighted by molar-refractivity contribution is 8.13. The summed E-state index contributed by atoms with van der Waals surface area (Å²) in [6.45, 7) is 0. The van der Waals surface area contributed by atoms with E-state index in [4.69, 9.17) is 15.3 Å². The number of aliphatic hydroxyl groups is 3. The first-order chi connectivity index (χ1) is 10.3. The fourth-order valence-electron chi connectivity index (χ4n) is 2.19. The van der Waals surface area contributed by atoms with Gasteiger partial charge in [-0.15, -0.1) is 0 Å². The summed E-state index contributed by atoms with van der Waals surface area (Å²) in [5, 5.41) is 26.5. The minimum absolute atomic E-state index is 0. The van der Waals surface area contributed by atoms with Crippen LogP contribution >= 0.6 is 10.7 Å². The molecule has 0 amide bonds. The van der Waals surface area contributed by atoms with Crippen molar-refractivity contribution < 1.29 is 36.3 Å². The van der Waals surface area contributed by atoms with Crippen molar-refractivity contribution >= 4 is 29.9 Å². The molecule has 0 saturated heterocycles. The first-order valence-corrected chi connectivity index (χ1v) is 11.6. The monoisotopic (exact) mass is 412 g/mol. The molecule has 0 aromatic rings. The minimum Gasteiger partial charge on any atom is -0.393 e. The second-order valence-electron chi connectivity index (χ2n) is 5.69. The van der Waals surface area contributed by atoms with Crippen LogP contribution in [0.5, 0.6) is 0 Å². The fourth-order valence-corrected chi connectivity index (χ4v) is 2.86. The molecule has 148 valence electrons. The number of hydrogen-bond donors (Lipinski definition) is 3. The van der Waals surface area contributed by atoms with E-state index in [9.17, 15) is 16.8 Å². The van der Waals surface area contributed by atoms with Crippen molar-refractivity contribution in [2.75, 3.05) is 12.5 Å². The van der Waals surface area contributed by atoms with Gasteiger partial charge in [0.1, 0.15) is 0 Å². The van der Waals surface area contributed by atoms with Crippen LogP contribution in [0.1, 0.15) is 46.0 Å². The van der Waals surface area contributed by atoms with Gasteiger partial charge in [0.25, 0.3) is 10.1 Å². The van der Waals surface area contributed by atoms with E-state index in [1.54, 1.807) is 0 Å². The van der Waals surface area contributed by atoms with Crippen LogP contribution in [0.4, 0.5) is 0 Å². The third kappa shape index (κ3) is 18.4. The van der Waals surface area contributed by atoms with Crippen LogP contribution in [0.25, 0.3) is 0 Å². The zero-order chi connectivity index (χ0) is 18.3. The van der Waals surface area contributed by atoms with Crippen LogP contribution in [0.3, 0.4) is 0 Å². The third-order valence-corrected chi connectivity index (χ3v) is 3.67. The van der Waals surface area contributed by atoms with Crippen molar-refractivity contribution in [1.29, 1.82) is 0 Å². The van der Waals surface area contributed by atoms with E-state index >= 15 is 0 Å². The number of halogens is 1. The van der Waals surface area contributed by atoms with Gasteiger partial charge in [0.05, 0.1) is 36.9 Å². The maximum Gasteiger partial charge on any atom is 0.264 e. The Kier molecular flexibility index (Phi) is 12.7. The zero-order valence-corrected chi connectivity index (χ0v) is 15.5. The summed E-state index contributed by atoms with van der Waals surface area (Å²) in [5.41, 5.74) is 0. The Labute approximate surface area is 149 Å². The van der Waals surface area contributed by atoms with Gasteiger partial charge in [-0.05, 0) is 32.1 Å². The van der Waals surface area contributed by atoms with Gasteiger partial charge in [0.2, 0.25) is 9.05 Å². The summed E-state index contributed by atoms with van der Waals surface area (Å²) in [4.78, 5) is 0. The van der Waals surface area contributed by atoms with E-state index in [1.807, 2.05) is 0 Å². The lowest BCUT2D eigenvalue weighted by atomic mass is 10.3. The summed E-state index contributed by atoms with van der Waals surface area (Å²) < 4.78 is 44.7. The van der Waals surface area contributed by atoms with Crippen molar-refractivity contribution in [1.82, 2.24) is 0 Å². The van der Waals surface area contributed by atoms with E-state index < -0.39 is 19.2 Å². The van der Waals surface area contributed by atoms with Gasteiger partial charge in [0, 0.05) is 17.1 Å². The van der Waals surface area contributed by atoms with Gasteiger partial charge in [-0.2, -0.15) is 8.42 Å². The molecule has 3 N–H and O–H groups in total. The molecule has 4 unspecified atom stereocenters. The molecule has 0 aromatic carbocycles. The van der Waals surface area contributed by atoms with E-state index in [0.29, 0.717) is 25.7 Å². The molecular weight excluding hydrogens is 384 g/mol. The summed E-state index contributed by atoms with van der Waals surface area (Å²) in [6.07, 6.45) is 4.66. The second-order valence-corrected chi connectivity index (χ2v) is 10.3. The fraction of sp³-hybridized carbons (Fsp3) is 1.00. The van der Waals surface area contributed by atoms with Gasteiger partial charge in [-0.3, -0.25) is 4.18 Å². The lowest BCUT2D eigenvalue weighted by Gasteiger charge is -2.07. The Morgan fingerprint density at radius 1 is 0.833 bits per heavy atom. The van der Waals surface area contributed by atoms with Crippen molar-refractivity contribution in [3.8, 4) is 0 Å². The van der Waals surface area contributed by atoms with Crippen molar-refractivity contribution in [3.63, 3.8) is 0 Å². The highest BCUT2D eigenvalue weighted by atomic mass is 35.7. The Morgan fingerprint density at radius 2 is 1.17 bits per heavy atom.